The summed E-state index contributed by atoms with van der Waals surface area (Å²) in [5.41, 5.74) is 3.78. The number of nitriles is 1. The summed E-state index contributed by atoms with van der Waals surface area (Å²) in [6, 6.07) is 3.97. The zero-order chi connectivity index (χ0) is 20.5. The fourth-order valence-corrected chi connectivity index (χ4v) is 4.69. The Labute approximate surface area is 175 Å². The maximum Gasteiger partial charge on any atom is 0.264 e. The lowest BCUT2D eigenvalue weighted by atomic mass is 9.50. The predicted molar refractivity (Wildman–Crippen MR) is 116 cm³/mol. The molecule has 10 heteroatoms. The maximum atomic E-state index is 9.03. The molecule has 0 bridgehead atoms. The molecule has 8 nitrogen and oxygen atoms in total. The van der Waals surface area contributed by atoms with Crippen LogP contribution < -0.4 is 10.1 Å². The van der Waals surface area contributed by atoms with Gasteiger partial charge in [0, 0.05) is 30.5 Å². The molecule has 1 aromatic carbocycles. The van der Waals surface area contributed by atoms with E-state index in [2.05, 4.69) is 34.6 Å². The van der Waals surface area contributed by atoms with E-state index >= 15 is 0 Å². The van der Waals surface area contributed by atoms with E-state index in [1.807, 2.05) is 24.0 Å². The highest BCUT2D eigenvalue weighted by molar-refractivity contribution is 8.15. The van der Waals surface area contributed by atoms with Crippen molar-refractivity contribution < 1.29 is 4.74 Å². The molecule has 2 unspecified atom stereocenters. The van der Waals surface area contributed by atoms with Gasteiger partial charge in [-0.3, -0.25) is 0 Å². The van der Waals surface area contributed by atoms with Gasteiger partial charge in [0.15, 0.2) is 11.0 Å². The van der Waals surface area contributed by atoms with E-state index in [4.69, 9.17) is 15.1 Å². The van der Waals surface area contributed by atoms with Crippen LogP contribution in [0.4, 0.5) is 0 Å². The largest absolute Gasteiger partial charge is 0.494 e. The average molecular weight is 409 g/mol. The van der Waals surface area contributed by atoms with Gasteiger partial charge >= 0.3 is 0 Å². The zero-order valence-electron chi connectivity index (χ0n) is 17.1. The lowest BCUT2D eigenvalue weighted by molar-refractivity contribution is 0.390. The first-order chi connectivity index (χ1) is 14.0. The number of fused-ring (bicyclic) bond motifs is 2. The van der Waals surface area contributed by atoms with E-state index in [1.165, 1.54) is 5.70 Å². The van der Waals surface area contributed by atoms with E-state index in [9.17, 15) is 0 Å². The number of ether oxygens (including phenoxy) is 1. The Bertz CT molecular complexity index is 1030. The van der Waals surface area contributed by atoms with Crippen LogP contribution in [0.5, 0.6) is 5.75 Å². The van der Waals surface area contributed by atoms with Crippen molar-refractivity contribution in [3.63, 3.8) is 0 Å². The van der Waals surface area contributed by atoms with Gasteiger partial charge in [0.25, 0.3) is 6.71 Å². The standard InChI is InChI=1S/C19H24BN7OS/c1-5-12(6-7-20(2)11-21)15-10-27-19(22-15)29-18(25-27)13-8-14-17(16(9-13)28-4)24-26(3)23-14/h8-10,12,19,22H,5-7H2,1-4H3. The second-order valence-electron chi connectivity index (χ2n) is 7.43. The number of thioether (sulfide) groups is 1. The number of nitrogens with zero attached hydrogens (tertiary/aromatic N) is 6. The highest BCUT2D eigenvalue weighted by Crippen LogP contribution is 2.37. The molecule has 0 amide bonds. The Balaban J connectivity index is 1.54. The number of hydrogen-bond acceptors (Lipinski definition) is 8. The van der Waals surface area contributed by atoms with E-state index in [0.29, 0.717) is 11.7 Å². The van der Waals surface area contributed by atoms with Crippen molar-refractivity contribution >= 4 is 34.6 Å². The van der Waals surface area contributed by atoms with Crippen LogP contribution >= 0.6 is 11.8 Å². The van der Waals surface area contributed by atoms with Crippen molar-refractivity contribution in [2.75, 3.05) is 7.11 Å². The average Bonchev–Trinajstić information content (AvgIpc) is 3.39. The Hall–Kier alpha value is -2.67. The molecule has 1 aromatic heterocycles. The van der Waals surface area contributed by atoms with Gasteiger partial charge in [0.05, 0.1) is 7.11 Å². The third-order valence-corrected chi connectivity index (χ3v) is 6.45. The summed E-state index contributed by atoms with van der Waals surface area (Å²) in [7, 11) is 3.44. The summed E-state index contributed by atoms with van der Waals surface area (Å²) in [6.45, 7) is 4.27. The summed E-state index contributed by atoms with van der Waals surface area (Å²) < 4.78 is 5.51. The summed E-state index contributed by atoms with van der Waals surface area (Å²) in [5.74, 6) is 3.44. The van der Waals surface area contributed by atoms with Gasteiger partial charge in [-0.2, -0.15) is 15.0 Å². The van der Waals surface area contributed by atoms with Gasteiger partial charge < -0.3 is 10.1 Å². The summed E-state index contributed by atoms with van der Waals surface area (Å²) in [5, 5.41) is 29.1. The minimum atomic E-state index is 0.0611. The Morgan fingerprint density at radius 2 is 2.24 bits per heavy atom. The number of allylic oxidation sites excluding steroid dienone is 1. The van der Waals surface area contributed by atoms with Crippen LogP contribution in [0.2, 0.25) is 13.1 Å². The summed E-state index contributed by atoms with van der Waals surface area (Å²) in [6.07, 6.45) is 5.07. The first kappa shape index (κ1) is 19.6. The van der Waals surface area contributed by atoms with Crippen molar-refractivity contribution in [3.8, 4) is 11.7 Å². The fraction of sp³-hybridized carbons (Fsp3) is 0.474. The van der Waals surface area contributed by atoms with E-state index in [1.54, 1.807) is 30.7 Å². The molecule has 2 aliphatic heterocycles. The monoisotopic (exact) mass is 409 g/mol. The quantitative estimate of drug-likeness (QED) is 0.703. The molecular formula is C19H24BN7OS. The van der Waals surface area contributed by atoms with Crippen molar-refractivity contribution in [2.45, 2.75) is 38.4 Å². The van der Waals surface area contributed by atoms with Crippen molar-refractivity contribution in [2.24, 2.45) is 18.1 Å². The van der Waals surface area contributed by atoms with E-state index < -0.39 is 0 Å². The molecule has 0 spiro atoms. The predicted octanol–water partition coefficient (Wildman–Crippen LogP) is 3.02. The number of aromatic nitrogens is 3. The van der Waals surface area contributed by atoms with Crippen LogP contribution in [0.3, 0.4) is 0 Å². The molecule has 1 N–H and O–H groups in total. The molecule has 2 aromatic rings. The number of nitrogens with one attached hydrogen (secondary N) is 1. The molecule has 0 saturated carbocycles. The lowest BCUT2D eigenvalue weighted by Gasteiger charge is -2.18. The van der Waals surface area contributed by atoms with Crippen molar-refractivity contribution in [3.05, 3.63) is 29.6 Å². The van der Waals surface area contributed by atoms with E-state index in [-0.39, 0.29) is 12.2 Å². The van der Waals surface area contributed by atoms with Crippen LogP contribution in [0.15, 0.2) is 29.1 Å². The Morgan fingerprint density at radius 1 is 1.41 bits per heavy atom. The van der Waals surface area contributed by atoms with Crippen LogP contribution in [0.1, 0.15) is 25.3 Å². The Kier molecular flexibility index (Phi) is 5.41. The molecule has 0 aliphatic carbocycles. The SMILES string of the molecule is CCC(CCB(C)C#N)C1=CN2N=C(c3cc(OC)c4nn(C)nc4c3)SC2N1. The third kappa shape index (κ3) is 3.79. The van der Waals surface area contributed by atoms with Gasteiger partial charge in [-0.05, 0) is 24.5 Å². The van der Waals surface area contributed by atoms with Crippen LogP contribution in [-0.2, 0) is 7.05 Å². The topological polar surface area (TPSA) is 91.4 Å². The molecule has 4 rings (SSSR count). The van der Waals surface area contributed by atoms with Crippen LogP contribution in [-0.4, -0.2) is 44.4 Å². The first-order valence-electron chi connectivity index (χ1n) is 9.83. The third-order valence-electron chi connectivity index (χ3n) is 5.35. The van der Waals surface area contributed by atoms with Gasteiger partial charge in [0.1, 0.15) is 16.3 Å². The minimum absolute atomic E-state index is 0.0611. The van der Waals surface area contributed by atoms with E-state index in [0.717, 1.165) is 40.8 Å². The highest BCUT2D eigenvalue weighted by Gasteiger charge is 2.34. The highest BCUT2D eigenvalue weighted by atomic mass is 32.2. The van der Waals surface area contributed by atoms with Crippen molar-refractivity contribution in [1.82, 2.24) is 25.3 Å². The van der Waals surface area contributed by atoms with Gasteiger partial charge in [-0.15, -0.1) is 5.10 Å². The van der Waals surface area contributed by atoms with Crippen molar-refractivity contribution in [1.29, 1.82) is 5.26 Å². The number of benzene rings is 1. The summed E-state index contributed by atoms with van der Waals surface area (Å²) in [4.78, 5) is 1.55. The second kappa shape index (κ2) is 7.99. The number of rotatable bonds is 7. The molecule has 29 heavy (non-hydrogen) atoms. The number of hydrogen-bond donors (Lipinski definition) is 1. The number of hydrazone groups is 1. The van der Waals surface area contributed by atoms with Crippen LogP contribution in [0.25, 0.3) is 11.0 Å². The molecule has 150 valence electrons. The van der Waals surface area contributed by atoms with Gasteiger partial charge in [-0.1, -0.05) is 38.2 Å². The molecule has 0 radical (unpaired) electrons. The molecule has 2 atom stereocenters. The number of methoxy groups -OCH3 is 1. The normalized spacial score (nSPS) is 18.7. The summed E-state index contributed by atoms with van der Waals surface area (Å²) >= 11 is 1.68. The Morgan fingerprint density at radius 3 is 2.93 bits per heavy atom. The molecule has 3 heterocycles. The second-order valence-corrected chi connectivity index (χ2v) is 8.50. The molecule has 2 aliphatic rings. The van der Waals surface area contributed by atoms with Gasteiger partial charge in [0.2, 0.25) is 0 Å². The smallest absolute Gasteiger partial charge is 0.264 e. The molecule has 0 saturated heterocycles. The van der Waals surface area contributed by atoms with Crippen LogP contribution in [0, 0.1) is 17.1 Å². The minimum Gasteiger partial charge on any atom is -0.494 e. The first-order valence-corrected chi connectivity index (χ1v) is 10.7. The zero-order valence-corrected chi connectivity index (χ0v) is 17.9. The molecular weight excluding hydrogens is 385 g/mol. The lowest BCUT2D eigenvalue weighted by Crippen LogP contribution is -2.28. The number of aryl methyl sites for hydroxylation is 1. The fourth-order valence-electron chi connectivity index (χ4n) is 3.67. The molecule has 0 fully saturated rings. The maximum absolute atomic E-state index is 9.03. The van der Waals surface area contributed by atoms with Gasteiger partial charge in [-0.25, -0.2) is 10.3 Å².